The van der Waals surface area contributed by atoms with Gasteiger partial charge in [-0.2, -0.15) is 5.10 Å². The predicted molar refractivity (Wildman–Crippen MR) is 115 cm³/mol. The van der Waals surface area contributed by atoms with Crippen molar-refractivity contribution in [3.05, 3.63) is 64.7 Å². The van der Waals surface area contributed by atoms with Gasteiger partial charge in [-0.25, -0.2) is 4.79 Å². The minimum Gasteiger partial charge on any atom is -0.481 e. The molecule has 0 heterocycles. The number of hydrogen-bond acceptors (Lipinski definition) is 5. The van der Waals surface area contributed by atoms with Crippen LogP contribution in [0.25, 0.3) is 0 Å². The summed E-state index contributed by atoms with van der Waals surface area (Å²) in [5, 5.41) is 20.6. The first-order valence-corrected chi connectivity index (χ1v) is 9.40. The van der Waals surface area contributed by atoms with Crippen LogP contribution in [0.3, 0.4) is 0 Å². The molecule has 2 rings (SSSR count). The molecule has 3 amide bonds. The fraction of sp³-hybridized carbons (Fsp3) is 0.200. The average Bonchev–Trinajstić information content (AvgIpc) is 2.71. The van der Waals surface area contributed by atoms with Crippen LogP contribution in [-0.2, 0) is 9.59 Å². The third kappa shape index (κ3) is 7.44. The smallest absolute Gasteiger partial charge is 0.319 e. The zero-order chi connectivity index (χ0) is 21.9. The number of benzene rings is 2. The molecular formula is C20H22ClN5O4. The third-order valence-electron chi connectivity index (χ3n) is 4.09. The number of amides is 3. The van der Waals surface area contributed by atoms with Crippen LogP contribution in [0, 0.1) is 0 Å². The van der Waals surface area contributed by atoms with E-state index in [2.05, 4.69) is 21.1 Å². The minimum absolute atomic E-state index is 0.00425. The number of anilines is 1. The molecule has 0 radical (unpaired) electrons. The van der Waals surface area contributed by atoms with Gasteiger partial charge in [0.25, 0.3) is 0 Å². The van der Waals surface area contributed by atoms with E-state index in [1.54, 1.807) is 48.5 Å². The van der Waals surface area contributed by atoms with E-state index in [-0.39, 0.29) is 19.5 Å². The summed E-state index contributed by atoms with van der Waals surface area (Å²) in [6, 6.07) is 13.0. The van der Waals surface area contributed by atoms with E-state index in [4.69, 9.17) is 22.6 Å². The van der Waals surface area contributed by atoms with Crippen LogP contribution in [-0.4, -0.2) is 42.3 Å². The van der Waals surface area contributed by atoms with Gasteiger partial charge in [-0.1, -0.05) is 35.9 Å². The van der Waals surface area contributed by atoms with Crippen LogP contribution in [0.2, 0.25) is 5.02 Å². The molecule has 1 atom stereocenters. The number of nitrogens with zero attached hydrogens (tertiary/aromatic N) is 1. The fourth-order valence-electron chi connectivity index (χ4n) is 2.58. The normalized spacial score (nSPS) is 11.6. The van der Waals surface area contributed by atoms with Crippen molar-refractivity contribution in [2.45, 2.75) is 12.3 Å². The quantitative estimate of drug-likeness (QED) is 0.234. The number of carboxylic acids is 1. The average molecular weight is 432 g/mol. The molecule has 158 valence electrons. The maximum atomic E-state index is 12.5. The van der Waals surface area contributed by atoms with Crippen molar-refractivity contribution in [3.63, 3.8) is 0 Å². The highest BCUT2D eigenvalue weighted by molar-refractivity contribution is 6.30. The number of urea groups is 1. The van der Waals surface area contributed by atoms with Crippen molar-refractivity contribution in [2.24, 2.45) is 10.9 Å². The number of hydrogen-bond donors (Lipinski definition) is 5. The molecule has 0 saturated carbocycles. The Balaban J connectivity index is 2.00. The second-order valence-electron chi connectivity index (χ2n) is 6.27. The van der Waals surface area contributed by atoms with Gasteiger partial charge in [0.1, 0.15) is 0 Å². The Kier molecular flexibility index (Phi) is 8.64. The van der Waals surface area contributed by atoms with Crippen LogP contribution in [0.5, 0.6) is 0 Å². The molecule has 0 fully saturated rings. The SMILES string of the molecule is NN=Cc1ccc(NC(=O)NCC(C(=O)NCCC(=O)O)c2ccc(Cl)cc2)cc1. The Morgan fingerprint density at radius 2 is 1.73 bits per heavy atom. The van der Waals surface area contributed by atoms with Gasteiger partial charge in [-0.15, -0.1) is 0 Å². The van der Waals surface area contributed by atoms with E-state index in [9.17, 15) is 14.4 Å². The highest BCUT2D eigenvalue weighted by Gasteiger charge is 2.21. The van der Waals surface area contributed by atoms with Gasteiger partial charge >= 0.3 is 12.0 Å². The summed E-state index contributed by atoms with van der Waals surface area (Å²) >= 11 is 5.90. The van der Waals surface area contributed by atoms with E-state index < -0.39 is 23.8 Å². The van der Waals surface area contributed by atoms with Crippen LogP contribution >= 0.6 is 11.6 Å². The molecule has 0 aliphatic rings. The van der Waals surface area contributed by atoms with Crippen molar-refractivity contribution in [1.82, 2.24) is 10.6 Å². The highest BCUT2D eigenvalue weighted by atomic mass is 35.5. The van der Waals surface area contributed by atoms with Crippen LogP contribution < -0.4 is 21.8 Å². The summed E-state index contributed by atoms with van der Waals surface area (Å²) in [5.74, 6) is 2.96. The monoisotopic (exact) mass is 431 g/mol. The summed E-state index contributed by atoms with van der Waals surface area (Å²) in [6.07, 6.45) is 1.28. The van der Waals surface area contributed by atoms with Crippen molar-refractivity contribution in [2.75, 3.05) is 18.4 Å². The molecule has 2 aromatic rings. The van der Waals surface area contributed by atoms with Gasteiger partial charge in [-0.05, 0) is 35.4 Å². The minimum atomic E-state index is -1.01. The molecule has 30 heavy (non-hydrogen) atoms. The Morgan fingerprint density at radius 1 is 1.07 bits per heavy atom. The molecule has 0 saturated heterocycles. The van der Waals surface area contributed by atoms with Gasteiger partial charge in [0, 0.05) is 23.8 Å². The highest BCUT2D eigenvalue weighted by Crippen LogP contribution is 2.19. The molecule has 0 spiro atoms. The number of rotatable bonds is 9. The predicted octanol–water partition coefficient (Wildman–Crippen LogP) is 2.13. The second kappa shape index (κ2) is 11.4. The number of nitrogens with one attached hydrogen (secondary N) is 3. The Morgan fingerprint density at radius 3 is 2.33 bits per heavy atom. The van der Waals surface area contributed by atoms with E-state index >= 15 is 0 Å². The first-order valence-electron chi connectivity index (χ1n) is 9.02. The largest absolute Gasteiger partial charge is 0.481 e. The maximum Gasteiger partial charge on any atom is 0.319 e. The van der Waals surface area contributed by atoms with Gasteiger partial charge in [-0.3, -0.25) is 9.59 Å². The van der Waals surface area contributed by atoms with E-state index in [0.717, 1.165) is 5.56 Å². The summed E-state index contributed by atoms with van der Waals surface area (Å²) in [5.41, 5.74) is 1.97. The molecule has 6 N–H and O–H groups in total. The van der Waals surface area contributed by atoms with Crippen LogP contribution in [0.4, 0.5) is 10.5 Å². The number of hydrazone groups is 1. The molecule has 2 aromatic carbocycles. The van der Waals surface area contributed by atoms with Crippen molar-refractivity contribution >= 4 is 41.4 Å². The molecule has 0 bridgehead atoms. The molecule has 0 aliphatic carbocycles. The topological polar surface area (TPSA) is 146 Å². The lowest BCUT2D eigenvalue weighted by molar-refractivity contribution is -0.136. The number of nitrogens with two attached hydrogens (primary N) is 1. The van der Waals surface area contributed by atoms with Gasteiger partial charge in [0.05, 0.1) is 18.6 Å². The van der Waals surface area contributed by atoms with Crippen molar-refractivity contribution < 1.29 is 19.5 Å². The van der Waals surface area contributed by atoms with Crippen LogP contribution in [0.15, 0.2) is 53.6 Å². The van der Waals surface area contributed by atoms with E-state index in [1.807, 2.05) is 0 Å². The zero-order valence-corrected chi connectivity index (χ0v) is 16.7. The molecule has 0 aliphatic heterocycles. The van der Waals surface area contributed by atoms with Crippen LogP contribution in [0.1, 0.15) is 23.5 Å². The van der Waals surface area contributed by atoms with Gasteiger partial charge in [0.2, 0.25) is 5.91 Å². The van der Waals surface area contributed by atoms with Crippen molar-refractivity contribution in [3.8, 4) is 0 Å². The molecule has 1 unspecified atom stereocenters. The van der Waals surface area contributed by atoms with E-state index in [0.29, 0.717) is 16.3 Å². The Hall–Kier alpha value is -3.59. The molecule has 10 heteroatoms. The fourth-order valence-corrected chi connectivity index (χ4v) is 2.71. The first-order chi connectivity index (χ1) is 14.4. The lowest BCUT2D eigenvalue weighted by atomic mass is 9.98. The number of halogens is 1. The number of carbonyl (C=O) groups is 3. The number of aliphatic carboxylic acids is 1. The summed E-state index contributed by atoms with van der Waals surface area (Å²) in [4.78, 5) is 35.4. The third-order valence-corrected chi connectivity index (χ3v) is 4.34. The van der Waals surface area contributed by atoms with Gasteiger partial charge in [0.15, 0.2) is 0 Å². The zero-order valence-electron chi connectivity index (χ0n) is 16.0. The van der Waals surface area contributed by atoms with Gasteiger partial charge < -0.3 is 26.9 Å². The summed E-state index contributed by atoms with van der Waals surface area (Å²) in [6.45, 7) is -0.00676. The Labute approximate surface area is 178 Å². The Bertz CT molecular complexity index is 900. The summed E-state index contributed by atoms with van der Waals surface area (Å²) < 4.78 is 0. The lowest BCUT2D eigenvalue weighted by Gasteiger charge is -2.18. The molecule has 0 aromatic heterocycles. The first kappa shape index (κ1) is 22.7. The summed E-state index contributed by atoms with van der Waals surface area (Å²) in [7, 11) is 0. The number of carbonyl (C=O) groups excluding carboxylic acids is 2. The standard InChI is InChI=1S/C20H22ClN5O4/c21-15-5-3-14(4-6-15)17(19(29)23-10-9-18(27)28)12-24-20(30)26-16-7-1-13(2-8-16)11-25-22/h1-8,11,17H,9-10,12,22H2,(H,23,29)(H,27,28)(H2,24,26,30). The lowest BCUT2D eigenvalue weighted by Crippen LogP contribution is -2.39. The van der Waals surface area contributed by atoms with Crippen molar-refractivity contribution in [1.29, 1.82) is 0 Å². The molecule has 9 nitrogen and oxygen atoms in total. The second-order valence-corrected chi connectivity index (χ2v) is 6.71. The van der Waals surface area contributed by atoms with E-state index in [1.165, 1.54) is 6.21 Å². The maximum absolute atomic E-state index is 12.5. The molecular weight excluding hydrogens is 410 g/mol. The number of carboxylic acid groups (broad SMARTS) is 1.